The van der Waals surface area contributed by atoms with E-state index in [1.807, 2.05) is 6.07 Å². The average molecular weight is 179 g/mol. The zero-order valence-electron chi connectivity index (χ0n) is 7.23. The van der Waals surface area contributed by atoms with Gasteiger partial charge >= 0.3 is 0 Å². The summed E-state index contributed by atoms with van der Waals surface area (Å²) < 4.78 is 0. The van der Waals surface area contributed by atoms with E-state index in [9.17, 15) is 0 Å². The minimum absolute atomic E-state index is 0.0279. The largest absolute Gasteiger partial charge is 0.192 e. The highest BCUT2D eigenvalue weighted by Crippen LogP contribution is 2.08. The molecule has 0 spiro atoms. The fourth-order valence-electron chi connectivity index (χ4n) is 0.954. The smallest absolute Gasteiger partial charge is 0.130 e. The van der Waals surface area contributed by atoms with E-state index in [-0.39, 0.29) is 5.57 Å². The van der Waals surface area contributed by atoms with E-state index in [4.69, 9.17) is 15.8 Å². The molecule has 0 aliphatic rings. The number of hydrogen-bond acceptors (Lipinski definition) is 3. The van der Waals surface area contributed by atoms with Crippen LogP contribution in [0.1, 0.15) is 11.1 Å². The van der Waals surface area contributed by atoms with Crippen molar-refractivity contribution < 1.29 is 0 Å². The Balaban J connectivity index is 3.13. The summed E-state index contributed by atoms with van der Waals surface area (Å²) in [5, 5.41) is 25.6. The van der Waals surface area contributed by atoms with Gasteiger partial charge in [0.15, 0.2) is 0 Å². The highest BCUT2D eigenvalue weighted by atomic mass is 14.3. The maximum Gasteiger partial charge on any atom is 0.130 e. The summed E-state index contributed by atoms with van der Waals surface area (Å²) >= 11 is 0. The summed E-state index contributed by atoms with van der Waals surface area (Å²) in [4.78, 5) is 0. The molecular weight excluding hydrogens is 174 g/mol. The molecule has 0 amide bonds. The van der Waals surface area contributed by atoms with Crippen LogP contribution in [-0.2, 0) is 0 Å². The van der Waals surface area contributed by atoms with E-state index in [1.165, 1.54) is 6.08 Å². The molecule has 1 aromatic carbocycles. The van der Waals surface area contributed by atoms with Crippen molar-refractivity contribution in [2.75, 3.05) is 0 Å². The topological polar surface area (TPSA) is 71.4 Å². The maximum atomic E-state index is 8.61. The second-order valence-electron chi connectivity index (χ2n) is 2.52. The molecule has 0 saturated carbocycles. The Hall–Kier alpha value is -2.57. The van der Waals surface area contributed by atoms with E-state index in [2.05, 4.69) is 0 Å². The van der Waals surface area contributed by atoms with E-state index < -0.39 is 0 Å². The van der Waals surface area contributed by atoms with E-state index in [0.717, 1.165) is 0 Å². The molecular formula is C11H5N3. The van der Waals surface area contributed by atoms with Crippen molar-refractivity contribution in [2.45, 2.75) is 0 Å². The SMILES string of the molecule is N#CC(C#N)=Cc1cccc(C#N)c1. The first-order valence-corrected chi connectivity index (χ1v) is 3.82. The maximum absolute atomic E-state index is 8.61. The first kappa shape index (κ1) is 9.52. The predicted molar refractivity (Wildman–Crippen MR) is 50.4 cm³/mol. The Morgan fingerprint density at radius 1 is 1.14 bits per heavy atom. The van der Waals surface area contributed by atoms with E-state index >= 15 is 0 Å². The first-order chi connectivity index (χ1) is 6.80. The molecule has 0 N–H and O–H groups in total. The summed E-state index contributed by atoms with van der Waals surface area (Å²) in [5.41, 5.74) is 1.22. The minimum atomic E-state index is 0.0279. The molecule has 0 bridgehead atoms. The lowest BCUT2D eigenvalue weighted by Gasteiger charge is -1.92. The van der Waals surface area contributed by atoms with Crippen molar-refractivity contribution in [2.24, 2.45) is 0 Å². The van der Waals surface area contributed by atoms with Crippen molar-refractivity contribution in [3.63, 3.8) is 0 Å². The van der Waals surface area contributed by atoms with Crippen molar-refractivity contribution in [1.29, 1.82) is 15.8 Å². The summed E-state index contributed by atoms with van der Waals surface area (Å²) in [6.07, 6.45) is 1.45. The second kappa shape index (κ2) is 4.45. The third kappa shape index (κ3) is 2.21. The van der Waals surface area contributed by atoms with Gasteiger partial charge in [-0.2, -0.15) is 15.8 Å². The number of nitrogens with zero attached hydrogens (tertiary/aromatic N) is 3. The molecule has 0 atom stereocenters. The molecule has 1 aromatic rings. The predicted octanol–water partition coefficient (Wildman–Crippen LogP) is 1.99. The molecule has 0 heterocycles. The molecule has 64 valence electrons. The number of rotatable bonds is 1. The van der Waals surface area contributed by atoms with Crippen LogP contribution < -0.4 is 0 Å². The van der Waals surface area contributed by atoms with Gasteiger partial charge in [-0.3, -0.25) is 0 Å². The lowest BCUT2D eigenvalue weighted by atomic mass is 10.1. The normalized spacial score (nSPS) is 7.79. The van der Waals surface area contributed by atoms with Crippen LogP contribution in [0.3, 0.4) is 0 Å². The van der Waals surface area contributed by atoms with Gasteiger partial charge in [0.1, 0.15) is 17.7 Å². The van der Waals surface area contributed by atoms with Gasteiger partial charge in [-0.25, -0.2) is 0 Å². The molecule has 0 fully saturated rings. The molecule has 0 aliphatic carbocycles. The number of nitriles is 3. The zero-order chi connectivity index (χ0) is 10.4. The lowest BCUT2D eigenvalue weighted by Crippen LogP contribution is -1.78. The van der Waals surface area contributed by atoms with Gasteiger partial charge in [-0.1, -0.05) is 12.1 Å². The Morgan fingerprint density at radius 3 is 2.43 bits per heavy atom. The fraction of sp³-hybridized carbons (Fsp3) is 0. The monoisotopic (exact) mass is 179 g/mol. The van der Waals surface area contributed by atoms with Gasteiger partial charge in [0, 0.05) is 0 Å². The van der Waals surface area contributed by atoms with Crippen molar-refractivity contribution in [3.05, 3.63) is 41.0 Å². The van der Waals surface area contributed by atoms with Gasteiger partial charge < -0.3 is 0 Å². The molecule has 0 saturated heterocycles. The lowest BCUT2D eigenvalue weighted by molar-refractivity contribution is 1.46. The van der Waals surface area contributed by atoms with E-state index in [0.29, 0.717) is 11.1 Å². The molecule has 0 unspecified atom stereocenters. The van der Waals surface area contributed by atoms with Gasteiger partial charge in [0.05, 0.1) is 11.6 Å². The van der Waals surface area contributed by atoms with E-state index in [1.54, 1.807) is 36.4 Å². The molecule has 1 rings (SSSR count). The quantitative estimate of drug-likeness (QED) is 0.619. The highest BCUT2D eigenvalue weighted by molar-refractivity contribution is 5.62. The molecule has 14 heavy (non-hydrogen) atoms. The standard InChI is InChI=1S/C11H5N3/c12-6-10-3-1-2-9(4-10)5-11(7-13)8-14/h1-5H. The van der Waals surface area contributed by atoms with Crippen LogP contribution in [-0.4, -0.2) is 0 Å². The Bertz CT molecular complexity index is 476. The summed E-state index contributed by atoms with van der Waals surface area (Å²) in [6, 6.07) is 12.2. The van der Waals surface area contributed by atoms with Gasteiger partial charge in [-0.05, 0) is 23.8 Å². The Morgan fingerprint density at radius 2 is 1.86 bits per heavy atom. The number of benzene rings is 1. The Kier molecular flexibility index (Phi) is 3.03. The first-order valence-electron chi connectivity index (χ1n) is 3.82. The molecule has 0 aromatic heterocycles. The van der Waals surface area contributed by atoms with Crippen molar-refractivity contribution >= 4 is 6.08 Å². The van der Waals surface area contributed by atoms with Crippen LogP contribution in [0.5, 0.6) is 0 Å². The van der Waals surface area contributed by atoms with Gasteiger partial charge in [-0.15, -0.1) is 0 Å². The second-order valence-corrected chi connectivity index (χ2v) is 2.52. The average Bonchev–Trinajstić information content (AvgIpc) is 2.26. The summed E-state index contributed by atoms with van der Waals surface area (Å²) in [7, 11) is 0. The zero-order valence-corrected chi connectivity index (χ0v) is 7.23. The van der Waals surface area contributed by atoms with Gasteiger partial charge in [0.25, 0.3) is 0 Å². The van der Waals surface area contributed by atoms with Crippen LogP contribution in [0.4, 0.5) is 0 Å². The number of hydrogen-bond donors (Lipinski definition) is 0. The minimum Gasteiger partial charge on any atom is -0.192 e. The third-order valence-electron chi connectivity index (χ3n) is 1.57. The van der Waals surface area contributed by atoms with Crippen LogP contribution in [0.2, 0.25) is 0 Å². The molecule has 3 heteroatoms. The highest BCUT2D eigenvalue weighted by Gasteiger charge is 1.95. The fourth-order valence-corrected chi connectivity index (χ4v) is 0.954. The molecule has 0 aliphatic heterocycles. The van der Waals surface area contributed by atoms with Crippen LogP contribution in [0, 0.1) is 34.0 Å². The van der Waals surface area contributed by atoms with Crippen molar-refractivity contribution in [3.8, 4) is 18.2 Å². The van der Waals surface area contributed by atoms with Gasteiger partial charge in [0.2, 0.25) is 0 Å². The molecule has 0 radical (unpaired) electrons. The van der Waals surface area contributed by atoms with Crippen molar-refractivity contribution in [1.82, 2.24) is 0 Å². The Labute approximate surface area is 81.7 Å². The van der Waals surface area contributed by atoms with Crippen LogP contribution >= 0.6 is 0 Å². The summed E-state index contributed by atoms with van der Waals surface area (Å²) in [6.45, 7) is 0. The number of allylic oxidation sites excluding steroid dienone is 1. The van der Waals surface area contributed by atoms with Crippen LogP contribution in [0.25, 0.3) is 6.08 Å². The third-order valence-corrected chi connectivity index (χ3v) is 1.57. The van der Waals surface area contributed by atoms with Crippen LogP contribution in [0.15, 0.2) is 29.8 Å². The molecule has 3 nitrogen and oxygen atoms in total. The summed E-state index contributed by atoms with van der Waals surface area (Å²) in [5.74, 6) is 0.